The first-order valence-electron chi connectivity index (χ1n) is 7.42. The topological polar surface area (TPSA) is 66.3 Å². The fourth-order valence-corrected chi connectivity index (χ4v) is 2.89. The summed E-state index contributed by atoms with van der Waals surface area (Å²) in [6, 6.07) is 2.07. The van der Waals surface area contributed by atoms with Crippen LogP contribution in [0.3, 0.4) is 0 Å². The first-order valence-corrected chi connectivity index (χ1v) is 7.42. The van der Waals surface area contributed by atoms with Gasteiger partial charge in [0.25, 0.3) is 5.91 Å². The summed E-state index contributed by atoms with van der Waals surface area (Å²) in [5.41, 5.74) is 2.13. The molecule has 0 unspecified atom stereocenters. The Labute approximate surface area is 120 Å². The third-order valence-electron chi connectivity index (χ3n) is 3.93. The van der Waals surface area contributed by atoms with Crippen LogP contribution in [-0.4, -0.2) is 45.3 Å². The Bertz CT molecular complexity index is 470. The average molecular weight is 277 g/mol. The Morgan fingerprint density at radius 2 is 2.10 bits per heavy atom. The van der Waals surface area contributed by atoms with E-state index in [-0.39, 0.29) is 18.6 Å². The van der Waals surface area contributed by atoms with Crippen LogP contribution in [0.2, 0.25) is 0 Å². The molecule has 1 saturated carbocycles. The average Bonchev–Trinajstić information content (AvgIpc) is 2.98. The lowest BCUT2D eigenvalue weighted by Gasteiger charge is -2.29. The van der Waals surface area contributed by atoms with E-state index in [2.05, 4.69) is 10.2 Å². The lowest BCUT2D eigenvalue weighted by molar-refractivity contribution is 0.0636. The van der Waals surface area contributed by atoms with Crippen LogP contribution in [0.15, 0.2) is 6.07 Å². The molecule has 1 aromatic heterocycles. The molecule has 1 heterocycles. The van der Waals surface area contributed by atoms with Crippen LogP contribution >= 0.6 is 0 Å². The van der Waals surface area contributed by atoms with E-state index in [1.165, 1.54) is 0 Å². The molecule has 0 saturated heterocycles. The van der Waals surface area contributed by atoms with Gasteiger partial charge in [-0.2, -0.15) is 10.2 Å². The molecule has 1 aliphatic rings. The standard InChI is InChI=1S/C15H23N3O2/c1-3-14-13(10-11(2)16-17-14)15(20)18(8-9-19)12-6-4-5-7-12/h10,12,19H,3-9H2,1-2H3. The number of aliphatic hydroxyl groups is 1. The minimum Gasteiger partial charge on any atom is -0.395 e. The third-order valence-corrected chi connectivity index (χ3v) is 3.93. The maximum Gasteiger partial charge on any atom is 0.256 e. The molecule has 0 radical (unpaired) electrons. The molecule has 110 valence electrons. The van der Waals surface area contributed by atoms with Gasteiger partial charge in [0.2, 0.25) is 0 Å². The Balaban J connectivity index is 2.28. The summed E-state index contributed by atoms with van der Waals surface area (Å²) >= 11 is 0. The predicted octanol–water partition coefficient (Wildman–Crippen LogP) is 1.72. The second-order valence-electron chi connectivity index (χ2n) is 5.36. The summed E-state index contributed by atoms with van der Waals surface area (Å²) in [6.07, 6.45) is 5.07. The lowest BCUT2D eigenvalue weighted by Crippen LogP contribution is -2.41. The number of carbonyl (C=O) groups excluding carboxylic acids is 1. The number of aryl methyl sites for hydroxylation is 2. The Hall–Kier alpha value is -1.49. The number of aliphatic hydroxyl groups excluding tert-OH is 1. The van der Waals surface area contributed by atoms with E-state index in [9.17, 15) is 9.90 Å². The maximum atomic E-state index is 12.8. The van der Waals surface area contributed by atoms with Crippen molar-refractivity contribution < 1.29 is 9.90 Å². The van der Waals surface area contributed by atoms with E-state index in [4.69, 9.17) is 0 Å². The maximum absolute atomic E-state index is 12.8. The fraction of sp³-hybridized carbons (Fsp3) is 0.667. The quantitative estimate of drug-likeness (QED) is 0.890. The van der Waals surface area contributed by atoms with Crippen LogP contribution < -0.4 is 0 Å². The molecule has 0 bridgehead atoms. The van der Waals surface area contributed by atoms with Crippen molar-refractivity contribution >= 4 is 5.91 Å². The monoisotopic (exact) mass is 277 g/mol. The Morgan fingerprint density at radius 3 is 2.70 bits per heavy atom. The van der Waals surface area contributed by atoms with Gasteiger partial charge in [-0.15, -0.1) is 0 Å². The van der Waals surface area contributed by atoms with Gasteiger partial charge in [0, 0.05) is 12.6 Å². The summed E-state index contributed by atoms with van der Waals surface area (Å²) in [7, 11) is 0. The van der Waals surface area contributed by atoms with Gasteiger partial charge in [-0.1, -0.05) is 19.8 Å². The molecule has 0 aromatic carbocycles. The zero-order chi connectivity index (χ0) is 14.5. The van der Waals surface area contributed by atoms with Crippen molar-refractivity contribution in [1.29, 1.82) is 0 Å². The Morgan fingerprint density at radius 1 is 1.40 bits per heavy atom. The van der Waals surface area contributed by atoms with E-state index in [1.54, 1.807) is 0 Å². The highest BCUT2D eigenvalue weighted by molar-refractivity contribution is 5.95. The first-order chi connectivity index (χ1) is 9.67. The highest BCUT2D eigenvalue weighted by Gasteiger charge is 2.28. The predicted molar refractivity (Wildman–Crippen MR) is 76.5 cm³/mol. The smallest absolute Gasteiger partial charge is 0.256 e. The van der Waals surface area contributed by atoms with Crippen molar-refractivity contribution in [1.82, 2.24) is 15.1 Å². The second kappa shape index (κ2) is 6.79. The summed E-state index contributed by atoms with van der Waals surface area (Å²) in [6.45, 7) is 4.21. The number of hydrogen-bond donors (Lipinski definition) is 1. The summed E-state index contributed by atoms with van der Waals surface area (Å²) in [5, 5.41) is 17.4. The third kappa shape index (κ3) is 3.15. The minimum absolute atomic E-state index is 0.00118. The molecule has 20 heavy (non-hydrogen) atoms. The van der Waals surface area contributed by atoms with Gasteiger partial charge < -0.3 is 10.0 Å². The van der Waals surface area contributed by atoms with Gasteiger partial charge in [-0.05, 0) is 32.3 Å². The van der Waals surface area contributed by atoms with Crippen molar-refractivity contribution in [3.8, 4) is 0 Å². The van der Waals surface area contributed by atoms with E-state index < -0.39 is 0 Å². The zero-order valence-electron chi connectivity index (χ0n) is 12.3. The Kier molecular flexibility index (Phi) is 5.06. The number of carbonyl (C=O) groups is 1. The molecule has 5 nitrogen and oxygen atoms in total. The van der Waals surface area contributed by atoms with Crippen molar-refractivity contribution in [2.24, 2.45) is 0 Å². The highest BCUT2D eigenvalue weighted by Crippen LogP contribution is 2.25. The molecule has 5 heteroatoms. The van der Waals surface area contributed by atoms with Crippen LogP contribution in [0.5, 0.6) is 0 Å². The van der Waals surface area contributed by atoms with Crippen LogP contribution in [0.4, 0.5) is 0 Å². The zero-order valence-corrected chi connectivity index (χ0v) is 12.3. The van der Waals surface area contributed by atoms with Gasteiger partial charge in [-0.25, -0.2) is 0 Å². The SMILES string of the molecule is CCc1nnc(C)cc1C(=O)N(CCO)C1CCCC1. The molecule has 0 aliphatic heterocycles. The molecule has 0 spiro atoms. The second-order valence-corrected chi connectivity index (χ2v) is 5.36. The first kappa shape index (κ1) is 14.9. The van der Waals surface area contributed by atoms with Gasteiger partial charge in [-0.3, -0.25) is 4.79 Å². The van der Waals surface area contributed by atoms with Crippen molar-refractivity contribution in [2.45, 2.75) is 52.0 Å². The van der Waals surface area contributed by atoms with Gasteiger partial charge in [0.15, 0.2) is 0 Å². The summed E-state index contributed by atoms with van der Waals surface area (Å²) in [5.74, 6) is -0.0131. The molecular weight excluding hydrogens is 254 g/mol. The molecule has 2 rings (SSSR count). The van der Waals surface area contributed by atoms with Gasteiger partial charge in [0.05, 0.1) is 23.6 Å². The number of amides is 1. The summed E-state index contributed by atoms with van der Waals surface area (Å²) < 4.78 is 0. The van der Waals surface area contributed by atoms with Crippen LogP contribution in [0.25, 0.3) is 0 Å². The van der Waals surface area contributed by atoms with Crippen LogP contribution in [0, 0.1) is 6.92 Å². The summed E-state index contributed by atoms with van der Waals surface area (Å²) in [4.78, 5) is 14.6. The molecule has 1 N–H and O–H groups in total. The van der Waals surface area contributed by atoms with E-state index in [1.807, 2.05) is 24.8 Å². The molecule has 1 fully saturated rings. The number of hydrogen-bond acceptors (Lipinski definition) is 4. The number of nitrogens with zero attached hydrogens (tertiary/aromatic N) is 3. The van der Waals surface area contributed by atoms with Gasteiger partial charge in [0.1, 0.15) is 0 Å². The normalized spacial score (nSPS) is 15.6. The van der Waals surface area contributed by atoms with Crippen molar-refractivity contribution in [3.63, 3.8) is 0 Å². The van der Waals surface area contributed by atoms with E-state index in [0.717, 1.165) is 37.1 Å². The molecule has 1 aromatic rings. The largest absolute Gasteiger partial charge is 0.395 e. The molecule has 1 amide bonds. The molecule has 0 atom stereocenters. The van der Waals surface area contributed by atoms with Crippen LogP contribution in [0.1, 0.15) is 54.4 Å². The highest BCUT2D eigenvalue weighted by atomic mass is 16.3. The fourth-order valence-electron chi connectivity index (χ4n) is 2.89. The van der Waals surface area contributed by atoms with Gasteiger partial charge >= 0.3 is 0 Å². The molecular formula is C15H23N3O2. The number of aromatic nitrogens is 2. The minimum atomic E-state index is -0.0131. The molecule has 1 aliphatic carbocycles. The lowest BCUT2D eigenvalue weighted by atomic mass is 10.1. The van der Waals surface area contributed by atoms with E-state index in [0.29, 0.717) is 18.5 Å². The van der Waals surface area contributed by atoms with Crippen molar-refractivity contribution in [2.75, 3.05) is 13.2 Å². The van der Waals surface area contributed by atoms with E-state index >= 15 is 0 Å². The van der Waals surface area contributed by atoms with Crippen molar-refractivity contribution in [3.05, 3.63) is 23.0 Å². The van der Waals surface area contributed by atoms with Crippen LogP contribution in [-0.2, 0) is 6.42 Å². The number of rotatable bonds is 5.